The third kappa shape index (κ3) is 18.3. The Balaban J connectivity index is 0.000000120. The summed E-state index contributed by atoms with van der Waals surface area (Å²) in [5, 5.41) is 60.5. The van der Waals surface area contributed by atoms with Gasteiger partial charge in [0.25, 0.3) is 0 Å². The third-order valence-electron chi connectivity index (χ3n) is 21.8. The van der Waals surface area contributed by atoms with E-state index in [2.05, 4.69) is 150 Å². The SMILES string of the molecule is CS(=O)c1ccc(-c2cccc3[nH]c(-c4ccc(N5CCOCC5)cc4)cc23)cc1C#N.N#Cc1cc(-c2cccc3[nH]c(C#CCO)cc23)ccc1OC1CCOCC1.N#Cc1cc(-c2ccnc3[nH]c(-c4ccc(N5CCOCC5)cc4)cc23)ccc1OC1COC1.N#Cc1cc2c(-c3ccc(OC4CCOCC4)c(C#N)c3)cccc2[nH]1. The summed E-state index contributed by atoms with van der Waals surface area (Å²) in [6, 6.07) is 79.1. The van der Waals surface area contributed by atoms with Crippen LogP contribution in [0.5, 0.6) is 17.2 Å². The largest absolute Gasteiger partial charge is 0.489 e. The van der Waals surface area contributed by atoms with Crippen LogP contribution in [-0.4, -0.2) is 158 Å². The number of aromatic nitrogens is 5. The molecule has 120 heavy (non-hydrogen) atoms. The van der Waals surface area contributed by atoms with Gasteiger partial charge in [-0.05, 0) is 183 Å². The van der Waals surface area contributed by atoms with Crippen molar-refractivity contribution in [2.45, 2.75) is 48.9 Å². The molecule has 5 N–H and O–H groups in total. The number of hydrogen-bond donors (Lipinski definition) is 5. The summed E-state index contributed by atoms with van der Waals surface area (Å²) in [4.78, 5) is 23.1. The number of morpholine rings is 2. The number of fused-ring (bicyclic) bond motifs is 4. The molecule has 0 amide bonds. The van der Waals surface area contributed by atoms with Crippen LogP contribution in [0, 0.1) is 68.5 Å². The highest BCUT2D eigenvalue weighted by molar-refractivity contribution is 7.84. The topological polar surface area (TPSA) is 313 Å². The maximum atomic E-state index is 11.9. The second kappa shape index (κ2) is 37.6. The molecule has 0 radical (unpaired) electrons. The van der Waals surface area contributed by atoms with E-state index in [4.69, 9.17) is 48.3 Å². The molecular weight excluding hydrogens is 1530 g/mol. The number of ether oxygens (including phenoxy) is 8. The lowest BCUT2D eigenvalue weighted by atomic mass is 9.99. The Bertz CT molecular complexity index is 6370. The molecule has 23 heteroatoms. The minimum absolute atomic E-state index is 0.0208. The van der Waals surface area contributed by atoms with Crippen LogP contribution in [-0.2, 0) is 34.5 Å². The number of aliphatic hydroxyl groups is 1. The second-order valence-electron chi connectivity index (χ2n) is 29.4. The van der Waals surface area contributed by atoms with E-state index in [0.717, 1.165) is 195 Å². The van der Waals surface area contributed by atoms with Crippen molar-refractivity contribution in [1.82, 2.24) is 24.9 Å². The number of H-pyrrole nitrogens is 4. The van der Waals surface area contributed by atoms with Crippen LogP contribution in [0.15, 0.2) is 217 Å². The minimum Gasteiger partial charge on any atom is -0.489 e. The number of hydrogen-bond acceptors (Lipinski definition) is 18. The Morgan fingerprint density at radius 3 is 1.27 bits per heavy atom. The van der Waals surface area contributed by atoms with Gasteiger partial charge in [0.15, 0.2) is 0 Å². The van der Waals surface area contributed by atoms with Crippen LogP contribution in [0.25, 0.3) is 111 Å². The molecule has 0 aliphatic carbocycles. The Morgan fingerprint density at radius 2 is 0.817 bits per heavy atom. The second-order valence-corrected chi connectivity index (χ2v) is 30.7. The van der Waals surface area contributed by atoms with Gasteiger partial charge in [-0.25, -0.2) is 4.98 Å². The van der Waals surface area contributed by atoms with Crippen molar-refractivity contribution in [1.29, 1.82) is 26.3 Å². The van der Waals surface area contributed by atoms with Crippen LogP contribution in [0.2, 0.25) is 0 Å². The molecule has 5 aromatic heterocycles. The van der Waals surface area contributed by atoms with E-state index in [1.165, 1.54) is 11.4 Å². The van der Waals surface area contributed by atoms with Crippen LogP contribution >= 0.6 is 0 Å². The molecule has 5 fully saturated rings. The molecule has 5 aliphatic rings. The Morgan fingerprint density at radius 1 is 0.417 bits per heavy atom. The van der Waals surface area contributed by atoms with E-state index < -0.39 is 10.8 Å². The van der Waals surface area contributed by atoms with Gasteiger partial charge in [0.05, 0.1) is 110 Å². The van der Waals surface area contributed by atoms with E-state index in [-0.39, 0.29) is 24.9 Å². The number of nitrogens with zero attached hydrogens (tertiary/aromatic N) is 8. The van der Waals surface area contributed by atoms with Gasteiger partial charge in [-0.15, -0.1) is 0 Å². The lowest BCUT2D eigenvalue weighted by molar-refractivity contribution is -0.0797. The highest BCUT2D eigenvalue weighted by Crippen LogP contribution is 2.40. The van der Waals surface area contributed by atoms with E-state index in [1.807, 2.05) is 127 Å². The minimum atomic E-state index is -1.20. The van der Waals surface area contributed by atoms with Crippen LogP contribution in [0.3, 0.4) is 0 Å². The van der Waals surface area contributed by atoms with Crippen molar-refractivity contribution < 1.29 is 47.2 Å². The molecule has 0 bridgehead atoms. The number of rotatable bonds is 15. The lowest BCUT2D eigenvalue weighted by Crippen LogP contribution is -2.38. The summed E-state index contributed by atoms with van der Waals surface area (Å²) in [6.45, 7) is 10.5. The summed E-state index contributed by atoms with van der Waals surface area (Å²) in [5.74, 6) is 7.39. The normalized spacial score (nSPS) is 15.1. The van der Waals surface area contributed by atoms with Crippen molar-refractivity contribution in [2.75, 3.05) is 115 Å². The molecule has 1 atom stereocenters. The van der Waals surface area contributed by atoms with Crippen molar-refractivity contribution in [3.8, 4) is 126 Å². The standard InChI is InChI=1S/C27H24N4O3.C26H23N3O2S.C23H20N2O3.C21H17N3O2/c28-15-20-13-19(3-6-26(20)34-22-16-33-17-22)23-7-8-29-27-24(23)14-25(30-27)18-1-4-21(5-2-18)31-9-11-32-12-10-31;1-32(30)26-10-7-19(15-20(26)17-27)22-3-2-4-24-23(22)16-25(28-24)18-5-8-21(9-6-18)29-11-13-31-14-12-29;24-15-17-13-16(6-7-23(17)28-19-8-11-27-12-9-19)20-4-1-5-22-21(20)14-18(25-22)3-2-10-26;22-12-15-10-14(4-5-21(15)26-17-6-8-25-9-7-17)18-2-1-3-20-19(18)11-16(13-23)24-20/h1-8,13-14,22H,9-12,16-17H2,(H,29,30);2-10,15-16,28H,11-14H2,1H3;1,4-7,13-14,19,25-26H,8-12H2;1-5,10-11,17,24H,6-9H2. The van der Waals surface area contributed by atoms with Gasteiger partial charge in [0.2, 0.25) is 0 Å². The number of nitrogens with one attached hydrogen (secondary N) is 4. The zero-order valence-corrected chi connectivity index (χ0v) is 66.8. The number of anilines is 2. The average molecular weight is 1610 g/mol. The lowest BCUT2D eigenvalue weighted by Gasteiger charge is -2.28. The predicted molar refractivity (Wildman–Crippen MR) is 464 cm³/mol. The van der Waals surface area contributed by atoms with Gasteiger partial charge in [0.1, 0.15) is 83.9 Å². The zero-order valence-electron chi connectivity index (χ0n) is 66.0. The summed E-state index contributed by atoms with van der Waals surface area (Å²) in [5.41, 5.74) is 21.5. The first kappa shape index (κ1) is 80.0. The van der Waals surface area contributed by atoms with Gasteiger partial charge in [-0.3, -0.25) is 4.21 Å². The van der Waals surface area contributed by atoms with Gasteiger partial charge in [0, 0.05) is 125 Å². The van der Waals surface area contributed by atoms with Crippen LogP contribution < -0.4 is 24.0 Å². The molecule has 1 unspecified atom stereocenters. The Hall–Kier alpha value is -13.8. The molecule has 19 rings (SSSR count). The van der Waals surface area contributed by atoms with Gasteiger partial charge in [-0.2, -0.15) is 26.3 Å². The average Bonchev–Trinajstić information content (AvgIpc) is 1.63. The van der Waals surface area contributed by atoms with Crippen molar-refractivity contribution in [3.05, 3.63) is 246 Å². The van der Waals surface area contributed by atoms with E-state index >= 15 is 0 Å². The molecule has 0 spiro atoms. The molecule has 5 aliphatic heterocycles. The fourth-order valence-electron chi connectivity index (χ4n) is 15.5. The van der Waals surface area contributed by atoms with Crippen molar-refractivity contribution >= 4 is 65.9 Å². The quantitative estimate of drug-likeness (QED) is 0.0596. The Kier molecular flexibility index (Phi) is 25.1. The summed E-state index contributed by atoms with van der Waals surface area (Å²) < 4.78 is 56.7. The van der Waals surface area contributed by atoms with Crippen LogP contribution in [0.4, 0.5) is 11.4 Å². The van der Waals surface area contributed by atoms with E-state index in [0.29, 0.717) is 89.7 Å². The first-order chi connectivity index (χ1) is 59.0. The zero-order chi connectivity index (χ0) is 82.3. The Labute approximate surface area is 696 Å². The van der Waals surface area contributed by atoms with Crippen molar-refractivity contribution in [3.63, 3.8) is 0 Å². The molecule has 22 nitrogen and oxygen atoms in total. The molecule has 14 aromatic rings. The summed E-state index contributed by atoms with van der Waals surface area (Å²) in [6.07, 6.45) is 6.95. The number of pyridine rings is 1. The number of nitriles is 5. The van der Waals surface area contributed by atoms with Gasteiger partial charge < -0.3 is 72.7 Å². The first-order valence-electron chi connectivity index (χ1n) is 39.9. The van der Waals surface area contributed by atoms with E-state index in [1.54, 1.807) is 18.5 Å². The maximum Gasteiger partial charge on any atom is 0.145 e. The highest BCUT2D eigenvalue weighted by Gasteiger charge is 2.25. The monoisotopic (exact) mass is 1610 g/mol. The molecular formula is C97H84N12O10S. The molecule has 5 saturated heterocycles. The smallest absolute Gasteiger partial charge is 0.145 e. The number of aromatic amines is 4. The van der Waals surface area contributed by atoms with E-state index in [9.17, 15) is 25.3 Å². The molecule has 598 valence electrons. The van der Waals surface area contributed by atoms with Gasteiger partial charge in [-0.1, -0.05) is 90.8 Å². The van der Waals surface area contributed by atoms with Crippen molar-refractivity contribution in [2.24, 2.45) is 0 Å². The predicted octanol–water partition coefficient (Wildman–Crippen LogP) is 17.1. The fraction of sp³-hybridized carbons (Fsp3) is 0.237. The molecule has 0 saturated carbocycles. The highest BCUT2D eigenvalue weighted by atomic mass is 32.2. The van der Waals surface area contributed by atoms with Gasteiger partial charge >= 0.3 is 0 Å². The summed E-state index contributed by atoms with van der Waals surface area (Å²) >= 11 is 0. The number of aliphatic hydroxyl groups excluding tert-OH is 1. The molecule has 10 heterocycles. The fourth-order valence-corrected chi connectivity index (χ4v) is 16.2. The first-order valence-corrected chi connectivity index (χ1v) is 41.5. The van der Waals surface area contributed by atoms with Crippen LogP contribution in [0.1, 0.15) is 59.3 Å². The summed E-state index contributed by atoms with van der Waals surface area (Å²) in [7, 11) is -1.20. The third-order valence-corrected chi connectivity index (χ3v) is 22.8. The molecule has 9 aromatic carbocycles. The number of benzene rings is 9. The maximum absolute atomic E-state index is 11.9.